The van der Waals surface area contributed by atoms with Crippen LogP contribution in [-0.4, -0.2) is 33.9 Å². The lowest BCUT2D eigenvalue weighted by molar-refractivity contribution is -0.166. The maximum Gasteiger partial charge on any atom is 0.306 e. The number of aliphatic hydroxyl groups is 1. The second kappa shape index (κ2) is 24.5. The van der Waals surface area contributed by atoms with Crippen LogP contribution in [0, 0.1) is 0 Å². The van der Waals surface area contributed by atoms with Crippen molar-refractivity contribution in [2.45, 2.75) is 174 Å². The highest BCUT2D eigenvalue weighted by Gasteiger charge is 2.34. The monoisotopic (exact) mass is 501 g/mol. The molecule has 6 nitrogen and oxygen atoms in total. The van der Waals surface area contributed by atoms with E-state index in [1.54, 1.807) is 0 Å². The average Bonchev–Trinajstić information content (AvgIpc) is 2.79. The molecule has 0 saturated heterocycles. The summed E-state index contributed by atoms with van der Waals surface area (Å²) in [5.41, 5.74) is -1.01. The van der Waals surface area contributed by atoms with Gasteiger partial charge in [-0.05, 0) is 39.0 Å². The molecule has 2 atom stereocenters. The second-order valence-electron chi connectivity index (χ2n) is 10.4. The van der Waals surface area contributed by atoms with Crippen molar-refractivity contribution in [1.82, 2.24) is 6.15 Å². The van der Waals surface area contributed by atoms with Crippen LogP contribution in [0.1, 0.15) is 162 Å². The van der Waals surface area contributed by atoms with Gasteiger partial charge < -0.3 is 21.1 Å². The Labute approximate surface area is 216 Å². The highest BCUT2D eigenvalue weighted by atomic mass is 16.6. The van der Waals surface area contributed by atoms with E-state index in [0.717, 1.165) is 25.7 Å². The van der Waals surface area contributed by atoms with E-state index >= 15 is 0 Å². The molecule has 0 aliphatic carbocycles. The van der Waals surface area contributed by atoms with Crippen LogP contribution in [-0.2, 0) is 14.3 Å². The summed E-state index contributed by atoms with van der Waals surface area (Å²) in [5, 5.41) is 19.9. The number of hydrogen-bond acceptors (Lipinski definition) is 5. The fraction of sp³-hybridized carbons (Fsp3) is 0.931. The number of rotatable bonds is 25. The number of carboxylic acid groups (broad SMARTS) is 1. The van der Waals surface area contributed by atoms with Gasteiger partial charge in [0.05, 0.1) is 5.60 Å². The lowest BCUT2D eigenvalue weighted by Gasteiger charge is -2.33. The van der Waals surface area contributed by atoms with Crippen LogP contribution in [0.4, 0.5) is 0 Å². The molecule has 6 heteroatoms. The lowest BCUT2D eigenvalue weighted by Crippen LogP contribution is -2.42. The predicted molar refractivity (Wildman–Crippen MR) is 146 cm³/mol. The zero-order chi connectivity index (χ0) is 25.5. The van der Waals surface area contributed by atoms with E-state index in [2.05, 4.69) is 13.8 Å². The Morgan fingerprint density at radius 1 is 0.686 bits per heavy atom. The van der Waals surface area contributed by atoms with E-state index in [4.69, 9.17) is 9.84 Å². The Kier molecular flexibility index (Phi) is 25.3. The van der Waals surface area contributed by atoms with Crippen molar-refractivity contribution in [2.75, 3.05) is 0 Å². The number of aliphatic carboxylic acids is 1. The molecular formula is C29H59NO5. The number of carbonyl (C=O) groups is 2. The second-order valence-corrected chi connectivity index (χ2v) is 10.4. The largest absolute Gasteiger partial charge is 0.481 e. The summed E-state index contributed by atoms with van der Waals surface area (Å²) in [6, 6.07) is 0. The van der Waals surface area contributed by atoms with E-state index in [1.807, 2.05) is 6.92 Å². The lowest BCUT2D eigenvalue weighted by atomic mass is 9.88. The number of ether oxygens (including phenoxy) is 1. The van der Waals surface area contributed by atoms with Gasteiger partial charge in [0.25, 0.3) is 0 Å². The molecule has 0 heterocycles. The molecule has 210 valence electrons. The molecule has 0 saturated carbocycles. The summed E-state index contributed by atoms with van der Waals surface area (Å²) < 4.78 is 5.77. The first-order valence-corrected chi connectivity index (χ1v) is 14.5. The maximum absolute atomic E-state index is 12.4. The van der Waals surface area contributed by atoms with Crippen molar-refractivity contribution in [2.24, 2.45) is 0 Å². The van der Waals surface area contributed by atoms with Crippen molar-refractivity contribution in [3.63, 3.8) is 0 Å². The summed E-state index contributed by atoms with van der Waals surface area (Å²) >= 11 is 0. The Morgan fingerprint density at radius 3 is 1.60 bits per heavy atom. The van der Waals surface area contributed by atoms with Crippen LogP contribution in [0.15, 0.2) is 0 Å². The van der Waals surface area contributed by atoms with Crippen LogP contribution < -0.4 is 6.15 Å². The van der Waals surface area contributed by atoms with Crippen molar-refractivity contribution in [3.05, 3.63) is 0 Å². The van der Waals surface area contributed by atoms with Crippen LogP contribution in [0.3, 0.4) is 0 Å². The number of unbranched alkanes of at least 4 members (excludes halogenated alkanes) is 15. The molecule has 2 unspecified atom stereocenters. The smallest absolute Gasteiger partial charge is 0.306 e. The molecule has 35 heavy (non-hydrogen) atoms. The summed E-state index contributed by atoms with van der Waals surface area (Å²) in [4.78, 5) is 23.1. The molecule has 0 aromatic rings. The molecule has 5 N–H and O–H groups in total. The van der Waals surface area contributed by atoms with Crippen LogP contribution in [0.25, 0.3) is 0 Å². The van der Waals surface area contributed by atoms with Gasteiger partial charge in [0.15, 0.2) is 0 Å². The fourth-order valence-corrected chi connectivity index (χ4v) is 4.50. The molecule has 0 aliphatic heterocycles. The molecule has 0 bridgehead atoms. The number of hydrogen-bond donors (Lipinski definition) is 3. The third kappa shape index (κ3) is 23.0. The molecule has 0 aromatic carbocycles. The molecule has 0 aromatic heterocycles. The van der Waals surface area contributed by atoms with Crippen molar-refractivity contribution in [3.8, 4) is 0 Å². The molecule has 0 amide bonds. The third-order valence-corrected chi connectivity index (χ3v) is 6.85. The van der Waals surface area contributed by atoms with Crippen LogP contribution in [0.2, 0.25) is 0 Å². The van der Waals surface area contributed by atoms with Gasteiger partial charge in [0.2, 0.25) is 0 Å². The van der Waals surface area contributed by atoms with Gasteiger partial charge >= 0.3 is 11.9 Å². The maximum atomic E-state index is 12.4. The first-order valence-electron chi connectivity index (χ1n) is 14.5. The fourth-order valence-electron chi connectivity index (χ4n) is 4.50. The van der Waals surface area contributed by atoms with Gasteiger partial charge in [-0.1, -0.05) is 110 Å². The summed E-state index contributed by atoms with van der Waals surface area (Å²) in [6.45, 7) is 6.28. The van der Waals surface area contributed by atoms with E-state index < -0.39 is 17.7 Å². The molecular weight excluding hydrogens is 442 g/mol. The van der Waals surface area contributed by atoms with Gasteiger partial charge in [-0.15, -0.1) is 0 Å². The highest BCUT2D eigenvalue weighted by Crippen LogP contribution is 2.27. The Morgan fingerprint density at radius 2 is 1.11 bits per heavy atom. The van der Waals surface area contributed by atoms with Gasteiger partial charge in [0.1, 0.15) is 6.10 Å². The number of carbonyl (C=O) groups excluding carboxylic acids is 1. The third-order valence-electron chi connectivity index (χ3n) is 6.85. The molecule has 0 spiro atoms. The number of esters is 1. The van der Waals surface area contributed by atoms with E-state index in [0.29, 0.717) is 25.7 Å². The van der Waals surface area contributed by atoms with Crippen LogP contribution >= 0.6 is 0 Å². The van der Waals surface area contributed by atoms with Crippen LogP contribution in [0.5, 0.6) is 0 Å². The summed E-state index contributed by atoms with van der Waals surface area (Å²) in [5.74, 6) is -1.15. The summed E-state index contributed by atoms with van der Waals surface area (Å²) in [7, 11) is 0. The average molecular weight is 502 g/mol. The predicted octanol–water partition coefficient (Wildman–Crippen LogP) is 8.52. The summed E-state index contributed by atoms with van der Waals surface area (Å²) in [6.07, 6.45) is 21.5. The molecule has 0 radical (unpaired) electrons. The minimum absolute atomic E-state index is 0. The van der Waals surface area contributed by atoms with Gasteiger partial charge in [0, 0.05) is 12.8 Å². The highest BCUT2D eigenvalue weighted by molar-refractivity contribution is 5.70. The molecule has 0 rings (SSSR count). The SMILES string of the molecule is CCCCCCCCCCC(OC(=O)CCCCC(=O)O)C(C)(O)CCCCCCCCCC.N. The Bertz CT molecular complexity index is 495. The first kappa shape index (κ1) is 36.0. The normalized spacial score (nSPS) is 13.6. The standard InChI is InChI=1S/C29H56O5.H3N/c1-4-6-8-10-12-14-16-18-22-26(34-28(32)24-20-19-23-27(30)31)29(3,33)25-21-17-15-13-11-9-7-5-2;/h26,33H,4-25H2,1-3H3,(H,30,31);1H3. The first-order chi connectivity index (χ1) is 16.3. The zero-order valence-corrected chi connectivity index (χ0v) is 23.5. The van der Waals surface area contributed by atoms with E-state index in [1.165, 1.54) is 77.0 Å². The van der Waals surface area contributed by atoms with Gasteiger partial charge in [-0.25, -0.2) is 0 Å². The zero-order valence-electron chi connectivity index (χ0n) is 23.5. The van der Waals surface area contributed by atoms with Crippen molar-refractivity contribution in [1.29, 1.82) is 0 Å². The minimum Gasteiger partial charge on any atom is -0.481 e. The van der Waals surface area contributed by atoms with E-state index in [-0.39, 0.29) is 25.0 Å². The Hall–Kier alpha value is -1.14. The Balaban J connectivity index is 0. The van der Waals surface area contributed by atoms with Crippen molar-refractivity contribution < 1.29 is 24.5 Å². The number of carboxylic acids is 1. The topological polar surface area (TPSA) is 119 Å². The molecule has 0 aliphatic rings. The quantitative estimate of drug-likeness (QED) is 0.0851. The minimum atomic E-state index is -1.01. The van der Waals surface area contributed by atoms with Gasteiger partial charge in [-0.2, -0.15) is 0 Å². The van der Waals surface area contributed by atoms with E-state index in [9.17, 15) is 14.7 Å². The molecule has 0 fully saturated rings. The van der Waals surface area contributed by atoms with Crippen molar-refractivity contribution >= 4 is 11.9 Å². The van der Waals surface area contributed by atoms with Gasteiger partial charge in [-0.3, -0.25) is 9.59 Å².